The van der Waals surface area contributed by atoms with E-state index in [1.165, 1.54) is 16.8 Å². The zero-order valence-corrected chi connectivity index (χ0v) is 17.9. The fourth-order valence-corrected chi connectivity index (χ4v) is 3.63. The summed E-state index contributed by atoms with van der Waals surface area (Å²) in [7, 11) is 0. The van der Waals surface area contributed by atoms with Crippen LogP contribution >= 0.6 is 0 Å². The molecule has 33 heavy (non-hydrogen) atoms. The number of imidazole rings is 1. The molecule has 2 aromatic carbocycles. The Morgan fingerprint density at radius 3 is 2.73 bits per heavy atom. The Morgan fingerprint density at radius 1 is 1.18 bits per heavy atom. The minimum absolute atomic E-state index is 0.0612. The molecule has 3 heterocycles. The lowest BCUT2D eigenvalue weighted by Crippen LogP contribution is -2.17. The van der Waals surface area contributed by atoms with E-state index in [4.69, 9.17) is 10.3 Å². The second kappa shape index (κ2) is 7.90. The predicted molar refractivity (Wildman–Crippen MR) is 121 cm³/mol. The van der Waals surface area contributed by atoms with Gasteiger partial charge >= 0.3 is 0 Å². The van der Waals surface area contributed by atoms with Crippen LogP contribution in [0.4, 0.5) is 15.9 Å². The Balaban J connectivity index is 1.48. The highest BCUT2D eigenvalue weighted by Gasteiger charge is 2.19. The molecule has 9 nitrogen and oxygen atoms in total. The molecule has 3 aromatic heterocycles. The van der Waals surface area contributed by atoms with Gasteiger partial charge in [0.05, 0.1) is 22.5 Å². The number of aryl methyl sites for hydroxylation is 2. The second-order valence-corrected chi connectivity index (χ2v) is 7.50. The summed E-state index contributed by atoms with van der Waals surface area (Å²) in [5, 5.41) is 11.5. The molecule has 1 amide bonds. The van der Waals surface area contributed by atoms with Crippen molar-refractivity contribution >= 4 is 28.4 Å². The average Bonchev–Trinajstić information content (AvgIpc) is 3.53. The van der Waals surface area contributed by atoms with E-state index >= 15 is 0 Å². The molecule has 10 heteroatoms. The quantitative estimate of drug-likeness (QED) is 0.422. The number of benzene rings is 2. The third-order valence-electron chi connectivity index (χ3n) is 5.39. The molecule has 0 aliphatic heterocycles. The molecule has 0 fully saturated rings. The zero-order chi connectivity index (χ0) is 23.1. The zero-order valence-electron chi connectivity index (χ0n) is 17.9. The van der Waals surface area contributed by atoms with Crippen molar-refractivity contribution in [3.8, 4) is 11.4 Å². The maximum atomic E-state index is 14.8. The fourth-order valence-electron chi connectivity index (χ4n) is 3.63. The number of nitrogen functional groups attached to an aromatic ring is 1. The molecule has 0 saturated heterocycles. The van der Waals surface area contributed by atoms with E-state index in [9.17, 15) is 9.18 Å². The van der Waals surface area contributed by atoms with E-state index in [1.807, 2.05) is 13.8 Å². The second-order valence-electron chi connectivity index (χ2n) is 7.50. The smallest absolute Gasteiger partial charge is 0.274 e. The average molecular weight is 445 g/mol. The SMILES string of the molecule is CCc1cc(C(=O)Nc2ccc(-n3ccnc3C)cc2F)n(-c2ccc3onc(N)c3c2)n1. The minimum Gasteiger partial charge on any atom is -0.380 e. The molecule has 5 aromatic rings. The first-order chi connectivity index (χ1) is 15.9. The Kier molecular flexibility index (Phi) is 4.89. The van der Waals surface area contributed by atoms with E-state index in [0.717, 1.165) is 5.82 Å². The van der Waals surface area contributed by atoms with Gasteiger partial charge in [0.25, 0.3) is 5.91 Å². The van der Waals surface area contributed by atoms with Gasteiger partial charge in [-0.2, -0.15) is 5.10 Å². The molecule has 0 spiro atoms. The van der Waals surface area contributed by atoms with Crippen molar-refractivity contribution in [3.63, 3.8) is 0 Å². The first-order valence-electron chi connectivity index (χ1n) is 10.3. The Bertz CT molecular complexity index is 1500. The van der Waals surface area contributed by atoms with Crippen LogP contribution in [0.5, 0.6) is 0 Å². The van der Waals surface area contributed by atoms with Gasteiger partial charge in [0, 0.05) is 24.1 Å². The maximum absolute atomic E-state index is 14.8. The number of nitrogens with one attached hydrogen (secondary N) is 1. The number of anilines is 2. The molecule has 0 aliphatic carbocycles. The number of nitrogens with zero attached hydrogens (tertiary/aromatic N) is 5. The van der Waals surface area contributed by atoms with E-state index in [1.54, 1.807) is 47.3 Å². The normalized spacial score (nSPS) is 11.2. The fraction of sp³-hybridized carbons (Fsp3) is 0.130. The summed E-state index contributed by atoms with van der Waals surface area (Å²) in [6, 6.07) is 11.5. The topological polar surface area (TPSA) is 117 Å². The predicted octanol–water partition coefficient (Wildman–Crippen LogP) is 4.04. The lowest BCUT2D eigenvalue weighted by atomic mass is 10.2. The number of halogens is 1. The maximum Gasteiger partial charge on any atom is 0.274 e. The van der Waals surface area contributed by atoms with E-state index in [-0.39, 0.29) is 17.2 Å². The highest BCUT2D eigenvalue weighted by atomic mass is 19.1. The number of nitrogens with two attached hydrogens (primary N) is 1. The van der Waals surface area contributed by atoms with E-state index in [2.05, 4.69) is 20.6 Å². The van der Waals surface area contributed by atoms with Gasteiger partial charge in [-0.25, -0.2) is 14.1 Å². The van der Waals surface area contributed by atoms with Crippen LogP contribution in [0.1, 0.15) is 28.9 Å². The van der Waals surface area contributed by atoms with Crippen LogP contribution in [0.3, 0.4) is 0 Å². The lowest BCUT2D eigenvalue weighted by Gasteiger charge is -2.11. The largest absolute Gasteiger partial charge is 0.380 e. The van der Waals surface area contributed by atoms with Crippen LogP contribution in [0.25, 0.3) is 22.3 Å². The summed E-state index contributed by atoms with van der Waals surface area (Å²) in [6.45, 7) is 3.76. The van der Waals surface area contributed by atoms with Gasteiger partial charge < -0.3 is 20.1 Å². The third-order valence-corrected chi connectivity index (χ3v) is 5.39. The standard InChI is InChI=1S/C23H20FN7O2/c1-3-14-10-20(31(28-14)16-5-7-21-17(11-16)22(25)29-33-21)23(32)27-19-6-4-15(12-18(19)24)30-9-8-26-13(30)2/h4-12H,3H2,1-2H3,(H2,25,29)(H,27,32). The highest BCUT2D eigenvalue weighted by Crippen LogP contribution is 2.25. The summed E-state index contributed by atoms with van der Waals surface area (Å²) >= 11 is 0. The van der Waals surface area contributed by atoms with Crippen molar-refractivity contribution < 1.29 is 13.7 Å². The first kappa shape index (κ1) is 20.4. The molecule has 0 atom stereocenters. The summed E-state index contributed by atoms with van der Waals surface area (Å²) in [5.74, 6) is -0.0796. The Labute approximate surface area is 187 Å². The molecule has 0 aliphatic rings. The number of rotatable bonds is 5. The summed E-state index contributed by atoms with van der Waals surface area (Å²) < 4.78 is 23.2. The van der Waals surface area contributed by atoms with E-state index < -0.39 is 11.7 Å². The number of carbonyl (C=O) groups excluding carboxylic acids is 1. The molecule has 166 valence electrons. The van der Waals surface area contributed by atoms with Crippen LogP contribution < -0.4 is 11.1 Å². The number of hydrogen-bond donors (Lipinski definition) is 2. The van der Waals surface area contributed by atoms with Gasteiger partial charge in [0.15, 0.2) is 11.4 Å². The van der Waals surface area contributed by atoms with Gasteiger partial charge in [-0.3, -0.25) is 4.79 Å². The Morgan fingerprint density at radius 2 is 2.00 bits per heavy atom. The molecule has 0 bridgehead atoms. The number of amides is 1. The van der Waals surface area contributed by atoms with Crippen LogP contribution in [0.15, 0.2) is 59.4 Å². The van der Waals surface area contributed by atoms with E-state index in [0.29, 0.717) is 34.5 Å². The van der Waals surface area contributed by atoms with Crippen LogP contribution in [-0.2, 0) is 6.42 Å². The third kappa shape index (κ3) is 3.61. The van der Waals surface area contributed by atoms with Gasteiger partial charge in [-0.1, -0.05) is 12.1 Å². The van der Waals surface area contributed by atoms with Crippen LogP contribution in [-0.4, -0.2) is 30.4 Å². The van der Waals surface area contributed by atoms with Crippen molar-refractivity contribution in [2.45, 2.75) is 20.3 Å². The highest BCUT2D eigenvalue weighted by molar-refractivity contribution is 6.03. The summed E-state index contributed by atoms with van der Waals surface area (Å²) in [5.41, 5.74) is 8.64. The number of aromatic nitrogens is 5. The van der Waals surface area contributed by atoms with Gasteiger partial charge in [0.2, 0.25) is 0 Å². The summed E-state index contributed by atoms with van der Waals surface area (Å²) in [6.07, 6.45) is 4.00. The minimum atomic E-state index is -0.561. The molecule has 0 saturated carbocycles. The van der Waals surface area contributed by atoms with Gasteiger partial charge in [0.1, 0.15) is 17.3 Å². The summed E-state index contributed by atoms with van der Waals surface area (Å²) in [4.78, 5) is 17.3. The monoisotopic (exact) mass is 445 g/mol. The van der Waals surface area contributed by atoms with Crippen molar-refractivity contribution in [1.82, 2.24) is 24.5 Å². The van der Waals surface area contributed by atoms with Crippen molar-refractivity contribution in [3.05, 3.63) is 77.9 Å². The van der Waals surface area contributed by atoms with Crippen molar-refractivity contribution in [1.29, 1.82) is 0 Å². The molecular weight excluding hydrogens is 425 g/mol. The first-order valence-corrected chi connectivity index (χ1v) is 10.3. The molecule has 0 radical (unpaired) electrons. The molecule has 3 N–H and O–H groups in total. The lowest BCUT2D eigenvalue weighted by molar-refractivity contribution is 0.101. The number of fused-ring (bicyclic) bond motifs is 1. The molecular formula is C23H20FN7O2. The van der Waals surface area contributed by atoms with Gasteiger partial charge in [-0.15, -0.1) is 0 Å². The van der Waals surface area contributed by atoms with Crippen molar-refractivity contribution in [2.75, 3.05) is 11.1 Å². The van der Waals surface area contributed by atoms with Gasteiger partial charge in [-0.05, 0) is 49.7 Å². The molecule has 0 unspecified atom stereocenters. The number of hydrogen-bond acceptors (Lipinski definition) is 6. The van der Waals surface area contributed by atoms with Crippen LogP contribution in [0, 0.1) is 12.7 Å². The number of carbonyl (C=O) groups is 1. The van der Waals surface area contributed by atoms with Crippen LogP contribution in [0.2, 0.25) is 0 Å². The molecule has 5 rings (SSSR count). The Hall–Kier alpha value is -4.47. The van der Waals surface area contributed by atoms with Crippen molar-refractivity contribution in [2.24, 2.45) is 0 Å².